The van der Waals surface area contributed by atoms with Crippen LogP contribution in [0.1, 0.15) is 48.4 Å². The van der Waals surface area contributed by atoms with E-state index in [9.17, 15) is 4.79 Å². The number of carbonyl (C=O) groups excluding carboxylic acids is 1. The Bertz CT molecular complexity index is 720. The minimum atomic E-state index is -0.0171. The number of hydrogen-bond acceptors (Lipinski definition) is 2. The lowest BCUT2D eigenvalue weighted by atomic mass is 9.98. The maximum Gasteiger partial charge on any atom is 0.227 e. The molecule has 3 heteroatoms. The van der Waals surface area contributed by atoms with E-state index >= 15 is 0 Å². The van der Waals surface area contributed by atoms with Crippen molar-refractivity contribution in [2.45, 2.75) is 47.0 Å². The molecule has 0 aliphatic rings. The molecule has 0 bridgehead atoms. The summed E-state index contributed by atoms with van der Waals surface area (Å²) in [7, 11) is 0. The monoisotopic (exact) mass is 325 g/mol. The third kappa shape index (κ3) is 4.60. The maximum absolute atomic E-state index is 12.3. The normalized spacial score (nSPS) is 10.8. The van der Waals surface area contributed by atoms with E-state index in [-0.39, 0.29) is 5.91 Å². The lowest BCUT2D eigenvalue weighted by Gasteiger charge is -2.16. The molecule has 0 saturated carbocycles. The van der Waals surface area contributed by atoms with Crippen molar-refractivity contribution in [2.75, 3.05) is 11.9 Å². The van der Waals surface area contributed by atoms with Gasteiger partial charge in [0.1, 0.15) is 5.75 Å². The van der Waals surface area contributed by atoms with Gasteiger partial charge in [0, 0.05) is 5.69 Å². The Balaban J connectivity index is 1.96. The average Bonchev–Trinajstić information content (AvgIpc) is 2.52. The van der Waals surface area contributed by atoms with Crippen LogP contribution in [0.2, 0.25) is 0 Å². The fourth-order valence-corrected chi connectivity index (χ4v) is 2.66. The van der Waals surface area contributed by atoms with Crippen molar-refractivity contribution in [2.24, 2.45) is 0 Å². The lowest BCUT2D eigenvalue weighted by Crippen LogP contribution is -2.17. The van der Waals surface area contributed by atoms with Gasteiger partial charge in [0.05, 0.1) is 13.0 Å². The minimum absolute atomic E-state index is 0.0171. The molecule has 1 amide bonds. The standard InChI is InChI=1S/C21H27NO2/c1-14(2)18-8-6-7-17(5)21(18)22-20(23)11-12-24-19-13-15(3)9-10-16(19)4/h6-10,13-14H,11-12H2,1-5H3,(H,22,23). The summed E-state index contributed by atoms with van der Waals surface area (Å²) in [6, 6.07) is 12.2. The van der Waals surface area contributed by atoms with Crippen LogP contribution in [0.3, 0.4) is 0 Å². The summed E-state index contributed by atoms with van der Waals surface area (Å²) < 4.78 is 5.77. The maximum atomic E-state index is 12.3. The van der Waals surface area contributed by atoms with Crippen LogP contribution >= 0.6 is 0 Å². The molecule has 128 valence electrons. The van der Waals surface area contributed by atoms with E-state index in [4.69, 9.17) is 4.74 Å². The molecule has 0 spiro atoms. The van der Waals surface area contributed by atoms with Crippen LogP contribution in [-0.4, -0.2) is 12.5 Å². The molecule has 0 radical (unpaired) electrons. The van der Waals surface area contributed by atoms with Gasteiger partial charge in [-0.2, -0.15) is 0 Å². The van der Waals surface area contributed by atoms with E-state index in [2.05, 4.69) is 31.3 Å². The summed E-state index contributed by atoms with van der Waals surface area (Å²) >= 11 is 0. The van der Waals surface area contributed by atoms with E-state index in [1.54, 1.807) is 0 Å². The predicted molar refractivity (Wildman–Crippen MR) is 99.9 cm³/mol. The Hall–Kier alpha value is -2.29. The molecule has 2 aromatic carbocycles. The number of rotatable bonds is 6. The number of anilines is 1. The van der Waals surface area contributed by atoms with Gasteiger partial charge in [-0.1, -0.05) is 44.2 Å². The Morgan fingerprint density at radius 2 is 1.83 bits per heavy atom. The number of amides is 1. The summed E-state index contributed by atoms with van der Waals surface area (Å²) in [6.07, 6.45) is 0.333. The first-order chi connectivity index (χ1) is 11.4. The number of nitrogens with one attached hydrogen (secondary N) is 1. The molecule has 1 N–H and O–H groups in total. The third-order valence-corrected chi connectivity index (χ3v) is 4.12. The van der Waals surface area contributed by atoms with Crippen LogP contribution in [0.25, 0.3) is 0 Å². The molecule has 0 heterocycles. The first-order valence-corrected chi connectivity index (χ1v) is 8.48. The van der Waals surface area contributed by atoms with Crippen molar-refractivity contribution in [1.82, 2.24) is 0 Å². The molecule has 0 fully saturated rings. The van der Waals surface area contributed by atoms with Crippen LogP contribution in [0, 0.1) is 20.8 Å². The van der Waals surface area contributed by atoms with Gasteiger partial charge in [-0.25, -0.2) is 0 Å². The fraction of sp³-hybridized carbons (Fsp3) is 0.381. The van der Waals surface area contributed by atoms with Gasteiger partial charge in [0.15, 0.2) is 0 Å². The molecule has 0 unspecified atom stereocenters. The topological polar surface area (TPSA) is 38.3 Å². The summed E-state index contributed by atoms with van der Waals surface area (Å²) in [4.78, 5) is 12.3. The summed E-state index contributed by atoms with van der Waals surface area (Å²) in [5.74, 6) is 1.20. The van der Waals surface area contributed by atoms with Crippen molar-refractivity contribution in [1.29, 1.82) is 0 Å². The molecule has 0 aliphatic heterocycles. The zero-order chi connectivity index (χ0) is 17.7. The van der Waals surface area contributed by atoms with Crippen LogP contribution in [-0.2, 0) is 4.79 Å². The Morgan fingerprint density at radius 3 is 2.54 bits per heavy atom. The van der Waals surface area contributed by atoms with E-state index in [0.717, 1.165) is 28.1 Å². The average molecular weight is 325 g/mol. The Morgan fingerprint density at radius 1 is 1.08 bits per heavy atom. The molecule has 2 rings (SSSR count). The van der Waals surface area contributed by atoms with E-state index < -0.39 is 0 Å². The molecule has 0 saturated heterocycles. The predicted octanol–water partition coefficient (Wildman–Crippen LogP) is 5.14. The smallest absolute Gasteiger partial charge is 0.227 e. The van der Waals surface area contributed by atoms with Crippen molar-refractivity contribution in [3.63, 3.8) is 0 Å². The number of para-hydroxylation sites is 1. The quantitative estimate of drug-likeness (QED) is 0.798. The molecule has 24 heavy (non-hydrogen) atoms. The van der Waals surface area contributed by atoms with E-state index in [1.165, 1.54) is 5.56 Å². The molecule has 0 aromatic heterocycles. The lowest BCUT2D eigenvalue weighted by molar-refractivity contribution is -0.116. The largest absolute Gasteiger partial charge is 0.493 e. The van der Waals surface area contributed by atoms with E-state index in [1.807, 2.05) is 45.0 Å². The summed E-state index contributed by atoms with van der Waals surface area (Å²) in [5, 5.41) is 3.05. The minimum Gasteiger partial charge on any atom is -0.493 e. The first kappa shape index (κ1) is 18.1. The van der Waals surface area contributed by atoms with Gasteiger partial charge in [0.2, 0.25) is 5.91 Å². The highest BCUT2D eigenvalue weighted by molar-refractivity contribution is 5.92. The highest BCUT2D eigenvalue weighted by Gasteiger charge is 2.12. The third-order valence-electron chi connectivity index (χ3n) is 4.12. The van der Waals surface area contributed by atoms with Gasteiger partial charge < -0.3 is 10.1 Å². The molecule has 0 atom stereocenters. The van der Waals surface area contributed by atoms with Gasteiger partial charge in [-0.05, 0) is 55.0 Å². The van der Waals surface area contributed by atoms with Gasteiger partial charge in [-0.3, -0.25) is 4.79 Å². The van der Waals surface area contributed by atoms with Crippen molar-refractivity contribution < 1.29 is 9.53 Å². The first-order valence-electron chi connectivity index (χ1n) is 8.48. The van der Waals surface area contributed by atoms with Crippen molar-refractivity contribution in [3.8, 4) is 5.75 Å². The number of hydrogen-bond donors (Lipinski definition) is 1. The molecular formula is C21H27NO2. The van der Waals surface area contributed by atoms with Crippen LogP contribution in [0.15, 0.2) is 36.4 Å². The van der Waals surface area contributed by atoms with Gasteiger partial charge in [0.25, 0.3) is 0 Å². The molecule has 0 aliphatic carbocycles. The second-order valence-corrected chi connectivity index (χ2v) is 6.61. The summed E-state index contributed by atoms with van der Waals surface area (Å²) in [6.45, 7) is 10.7. The number of aryl methyl sites for hydroxylation is 3. The van der Waals surface area contributed by atoms with Gasteiger partial charge in [-0.15, -0.1) is 0 Å². The van der Waals surface area contributed by atoms with E-state index in [0.29, 0.717) is 18.9 Å². The fourth-order valence-electron chi connectivity index (χ4n) is 2.66. The van der Waals surface area contributed by atoms with Crippen molar-refractivity contribution in [3.05, 3.63) is 58.7 Å². The molecule has 2 aromatic rings. The number of benzene rings is 2. The highest BCUT2D eigenvalue weighted by atomic mass is 16.5. The SMILES string of the molecule is Cc1ccc(C)c(OCCC(=O)Nc2c(C)cccc2C(C)C)c1. The number of ether oxygens (including phenoxy) is 1. The van der Waals surface area contributed by atoms with Crippen LogP contribution in [0.5, 0.6) is 5.75 Å². The van der Waals surface area contributed by atoms with Gasteiger partial charge >= 0.3 is 0 Å². The Kier molecular flexibility index (Phi) is 6.02. The number of carbonyl (C=O) groups is 1. The molecule has 3 nitrogen and oxygen atoms in total. The summed E-state index contributed by atoms with van der Waals surface area (Å²) in [5.41, 5.74) is 5.43. The highest BCUT2D eigenvalue weighted by Crippen LogP contribution is 2.27. The zero-order valence-corrected chi connectivity index (χ0v) is 15.3. The Labute approximate surface area is 145 Å². The zero-order valence-electron chi connectivity index (χ0n) is 15.3. The van der Waals surface area contributed by atoms with Crippen LogP contribution in [0.4, 0.5) is 5.69 Å². The second kappa shape index (κ2) is 8.00. The van der Waals surface area contributed by atoms with Crippen LogP contribution < -0.4 is 10.1 Å². The van der Waals surface area contributed by atoms with Crippen molar-refractivity contribution >= 4 is 11.6 Å². The second-order valence-electron chi connectivity index (χ2n) is 6.61. The molecular weight excluding hydrogens is 298 g/mol.